The molecule has 0 saturated carbocycles. The van der Waals surface area contributed by atoms with Crippen LogP contribution in [0.4, 0.5) is 0 Å². The zero-order chi connectivity index (χ0) is 13.7. The summed E-state index contributed by atoms with van der Waals surface area (Å²) in [5, 5.41) is 2.42. The van der Waals surface area contributed by atoms with Crippen LogP contribution in [-0.2, 0) is 0 Å². The van der Waals surface area contributed by atoms with E-state index in [-0.39, 0.29) is 0 Å². The van der Waals surface area contributed by atoms with E-state index in [1.165, 1.54) is 5.41 Å². The Labute approximate surface area is 124 Å². The van der Waals surface area contributed by atoms with Gasteiger partial charge in [0, 0.05) is 11.3 Å². The molecule has 0 aliphatic heterocycles. The van der Waals surface area contributed by atoms with Crippen molar-refractivity contribution in [3.63, 3.8) is 0 Å². The molecule has 1 aromatic rings. The summed E-state index contributed by atoms with van der Waals surface area (Å²) in [6.45, 7) is 4.86. The molecular weight excluding hydrogens is 289 g/mol. The van der Waals surface area contributed by atoms with E-state index in [9.17, 15) is 0 Å². The third-order valence-corrected chi connectivity index (χ3v) is 3.25. The second-order valence-electron chi connectivity index (χ2n) is 4.38. The molecule has 1 aromatic carbocycles. The highest BCUT2D eigenvalue weighted by atomic mass is 35.5. The second kappa shape index (κ2) is 7.17. The van der Waals surface area contributed by atoms with E-state index < -0.39 is 0 Å². The minimum atomic E-state index is 0.458. The van der Waals surface area contributed by atoms with Crippen LogP contribution in [0, 0.1) is 5.92 Å². The van der Waals surface area contributed by atoms with Crippen LogP contribution in [-0.4, -0.2) is 6.61 Å². The van der Waals surface area contributed by atoms with Gasteiger partial charge in [-0.25, -0.2) is 0 Å². The van der Waals surface area contributed by atoms with Crippen LogP contribution in [0.1, 0.15) is 25.8 Å². The summed E-state index contributed by atoms with van der Waals surface area (Å²) < 4.78 is 5.60. The Bertz CT molecular complexity index is 424. The number of hydrogen-bond acceptors (Lipinski definition) is 3. The van der Waals surface area contributed by atoms with Crippen LogP contribution in [0.5, 0.6) is 5.75 Å². The first kappa shape index (κ1) is 15.5. The lowest BCUT2D eigenvalue weighted by Crippen LogP contribution is -2.03. The van der Waals surface area contributed by atoms with Gasteiger partial charge >= 0.3 is 0 Å². The third kappa shape index (κ3) is 4.30. The molecule has 100 valence electrons. The van der Waals surface area contributed by atoms with Gasteiger partial charge in [0.1, 0.15) is 0 Å². The lowest BCUT2D eigenvalue weighted by Gasteiger charge is -2.13. The molecule has 0 fully saturated rings. The van der Waals surface area contributed by atoms with Gasteiger partial charge in [0.25, 0.3) is 0 Å². The predicted molar refractivity (Wildman–Crippen MR) is 82.6 cm³/mol. The Morgan fingerprint density at radius 3 is 2.39 bits per heavy atom. The van der Waals surface area contributed by atoms with Crippen LogP contribution in [0.3, 0.4) is 0 Å². The van der Waals surface area contributed by atoms with E-state index in [1.54, 1.807) is 12.1 Å². The monoisotopic (exact) mass is 305 g/mol. The van der Waals surface area contributed by atoms with Crippen LogP contribution < -0.4 is 10.5 Å². The van der Waals surface area contributed by atoms with E-state index in [4.69, 9.17) is 33.7 Å². The zero-order valence-electron chi connectivity index (χ0n) is 10.4. The van der Waals surface area contributed by atoms with Crippen molar-refractivity contribution in [3.8, 4) is 5.75 Å². The van der Waals surface area contributed by atoms with E-state index in [2.05, 4.69) is 26.5 Å². The fourth-order valence-corrected chi connectivity index (χ4v) is 2.08. The third-order valence-electron chi connectivity index (χ3n) is 2.41. The summed E-state index contributed by atoms with van der Waals surface area (Å²) in [6, 6.07) is 3.44. The average Bonchev–Trinajstić information content (AvgIpc) is 2.31. The predicted octanol–water partition coefficient (Wildman–Crippen LogP) is 4.61. The van der Waals surface area contributed by atoms with Crippen molar-refractivity contribution in [1.82, 2.24) is 0 Å². The number of rotatable bonds is 5. The van der Waals surface area contributed by atoms with Gasteiger partial charge in [-0.1, -0.05) is 37.0 Å². The molecular formula is C13H17Cl2NOS. The Hall–Kier alpha value is -0.510. The average molecular weight is 306 g/mol. The summed E-state index contributed by atoms with van der Waals surface area (Å²) >= 11 is 16.3. The van der Waals surface area contributed by atoms with Gasteiger partial charge in [-0.2, -0.15) is 0 Å². The molecule has 0 aromatic heterocycles. The Balaban J connectivity index is 2.88. The van der Waals surface area contributed by atoms with E-state index >= 15 is 0 Å². The SMILES string of the molecule is CC(C)CCOc1c(Cl)cc(/C(N)=C/S)cc1Cl. The van der Waals surface area contributed by atoms with Crippen LogP contribution in [0.15, 0.2) is 17.5 Å². The maximum Gasteiger partial charge on any atom is 0.156 e. The molecule has 0 radical (unpaired) electrons. The first-order chi connectivity index (χ1) is 8.45. The normalized spacial score (nSPS) is 12.0. The van der Waals surface area contributed by atoms with E-state index in [0.717, 1.165) is 12.0 Å². The largest absolute Gasteiger partial charge is 0.490 e. The lowest BCUT2D eigenvalue weighted by molar-refractivity contribution is 0.290. The van der Waals surface area contributed by atoms with Gasteiger partial charge in [-0.05, 0) is 29.9 Å². The summed E-state index contributed by atoms with van der Waals surface area (Å²) in [7, 11) is 0. The molecule has 0 aliphatic carbocycles. The quantitative estimate of drug-likeness (QED) is 0.779. The van der Waals surface area contributed by atoms with Gasteiger partial charge in [-0.15, -0.1) is 12.6 Å². The molecule has 0 saturated heterocycles. The molecule has 0 aliphatic rings. The summed E-state index contributed by atoms with van der Waals surface area (Å²) in [5.74, 6) is 1.08. The minimum Gasteiger partial charge on any atom is -0.490 e. The Morgan fingerprint density at radius 1 is 1.39 bits per heavy atom. The maximum atomic E-state index is 6.13. The summed E-state index contributed by atoms with van der Waals surface area (Å²) in [6.07, 6.45) is 0.951. The van der Waals surface area contributed by atoms with Crippen LogP contribution in [0.2, 0.25) is 10.0 Å². The highest BCUT2D eigenvalue weighted by Gasteiger charge is 2.11. The van der Waals surface area contributed by atoms with Gasteiger partial charge in [0.15, 0.2) is 5.75 Å². The number of nitrogens with two attached hydrogens (primary N) is 1. The van der Waals surface area contributed by atoms with Crippen molar-refractivity contribution in [2.75, 3.05) is 6.61 Å². The maximum absolute atomic E-state index is 6.13. The molecule has 0 amide bonds. The van der Waals surface area contributed by atoms with Gasteiger partial charge in [0.2, 0.25) is 0 Å². The van der Waals surface area contributed by atoms with Crippen molar-refractivity contribution < 1.29 is 4.74 Å². The Kier molecular flexibility index (Phi) is 6.19. The number of ether oxygens (including phenoxy) is 1. The highest BCUT2D eigenvalue weighted by molar-refractivity contribution is 7.83. The number of benzene rings is 1. The molecule has 0 bridgehead atoms. The van der Waals surface area contributed by atoms with E-state index in [0.29, 0.717) is 34.0 Å². The first-order valence-corrected chi connectivity index (χ1v) is 6.95. The topological polar surface area (TPSA) is 35.2 Å². The van der Waals surface area contributed by atoms with Gasteiger partial charge < -0.3 is 10.5 Å². The fraction of sp³-hybridized carbons (Fsp3) is 0.385. The molecule has 0 atom stereocenters. The number of thiol groups is 1. The molecule has 0 unspecified atom stereocenters. The molecule has 5 heteroatoms. The molecule has 2 nitrogen and oxygen atoms in total. The molecule has 2 N–H and O–H groups in total. The van der Waals surface area contributed by atoms with Crippen molar-refractivity contribution in [3.05, 3.63) is 33.1 Å². The Morgan fingerprint density at radius 2 is 1.94 bits per heavy atom. The lowest BCUT2D eigenvalue weighted by atomic mass is 10.1. The van der Waals surface area contributed by atoms with Crippen molar-refractivity contribution >= 4 is 41.5 Å². The van der Waals surface area contributed by atoms with Crippen LogP contribution >= 0.6 is 35.8 Å². The van der Waals surface area contributed by atoms with Crippen LogP contribution in [0.25, 0.3) is 5.70 Å². The van der Waals surface area contributed by atoms with Gasteiger partial charge in [-0.3, -0.25) is 0 Å². The smallest absolute Gasteiger partial charge is 0.156 e. The second-order valence-corrected chi connectivity index (χ2v) is 5.46. The van der Waals surface area contributed by atoms with Gasteiger partial charge in [0.05, 0.1) is 16.7 Å². The molecule has 1 rings (SSSR count). The fourth-order valence-electron chi connectivity index (χ4n) is 1.34. The standard InChI is InChI=1S/C13H17Cl2NOS/c1-8(2)3-4-17-13-10(14)5-9(6-11(13)15)12(16)7-18/h5-8,18H,3-4,16H2,1-2H3/b12-7-. The molecule has 18 heavy (non-hydrogen) atoms. The number of hydrogen-bond donors (Lipinski definition) is 2. The van der Waals surface area contributed by atoms with E-state index in [1.807, 2.05) is 0 Å². The van der Waals surface area contributed by atoms with Crippen molar-refractivity contribution in [2.45, 2.75) is 20.3 Å². The summed E-state index contributed by atoms with van der Waals surface area (Å²) in [5.41, 5.74) is 6.99. The van der Waals surface area contributed by atoms with Crippen molar-refractivity contribution in [2.24, 2.45) is 11.7 Å². The summed E-state index contributed by atoms with van der Waals surface area (Å²) in [4.78, 5) is 0. The van der Waals surface area contributed by atoms with Crippen molar-refractivity contribution in [1.29, 1.82) is 0 Å². The highest BCUT2D eigenvalue weighted by Crippen LogP contribution is 2.35. The molecule has 0 spiro atoms. The molecule has 0 heterocycles. The zero-order valence-corrected chi connectivity index (χ0v) is 12.8. The first-order valence-electron chi connectivity index (χ1n) is 5.67. The number of halogens is 2. The minimum absolute atomic E-state index is 0.458.